The van der Waals surface area contributed by atoms with Gasteiger partial charge in [0.2, 0.25) is 0 Å². The highest BCUT2D eigenvalue weighted by atomic mass is 15.2. The Morgan fingerprint density at radius 2 is 2.07 bits per heavy atom. The quantitative estimate of drug-likeness (QED) is 0.425. The van der Waals surface area contributed by atoms with Crippen molar-refractivity contribution in [2.24, 2.45) is 5.84 Å². The molecular weight excluding hydrogens is 172 g/mol. The normalized spacial score (nSPS) is 12.4. The van der Waals surface area contributed by atoms with E-state index in [2.05, 4.69) is 24.1 Å². The number of hydrazine groups is 1. The highest BCUT2D eigenvalue weighted by molar-refractivity contribution is 5.18. The summed E-state index contributed by atoms with van der Waals surface area (Å²) in [6, 6.07) is 10.5. The van der Waals surface area contributed by atoms with Gasteiger partial charge in [-0.3, -0.25) is 11.3 Å². The highest BCUT2D eigenvalue weighted by Gasteiger charge is 2.07. The fourth-order valence-corrected chi connectivity index (χ4v) is 1.42. The lowest BCUT2D eigenvalue weighted by molar-refractivity contribution is 0.516. The van der Waals surface area contributed by atoms with Gasteiger partial charge in [-0.15, -0.1) is 6.58 Å². The van der Waals surface area contributed by atoms with Crippen molar-refractivity contribution in [2.45, 2.75) is 25.8 Å². The van der Waals surface area contributed by atoms with Crippen molar-refractivity contribution >= 4 is 0 Å². The second-order valence-electron chi connectivity index (χ2n) is 3.63. The molecule has 0 fully saturated rings. The zero-order chi connectivity index (χ0) is 10.4. The Morgan fingerprint density at radius 3 is 2.57 bits per heavy atom. The third-order valence-corrected chi connectivity index (χ3v) is 2.26. The minimum absolute atomic E-state index is 0.230. The Balaban J connectivity index is 2.58. The molecule has 1 aromatic carbocycles. The summed E-state index contributed by atoms with van der Waals surface area (Å²) in [5.41, 5.74) is 5.26. The molecule has 2 nitrogen and oxygen atoms in total. The van der Waals surface area contributed by atoms with Gasteiger partial charge < -0.3 is 0 Å². The molecule has 1 aromatic rings. The first-order valence-electron chi connectivity index (χ1n) is 4.89. The van der Waals surface area contributed by atoms with Crippen LogP contribution in [0.2, 0.25) is 0 Å². The van der Waals surface area contributed by atoms with Crippen LogP contribution in [0.5, 0.6) is 0 Å². The molecule has 0 aliphatic carbocycles. The molecule has 3 N–H and O–H groups in total. The summed E-state index contributed by atoms with van der Waals surface area (Å²) in [4.78, 5) is 0. The second-order valence-corrected chi connectivity index (χ2v) is 3.63. The summed E-state index contributed by atoms with van der Waals surface area (Å²) in [7, 11) is 0. The van der Waals surface area contributed by atoms with Gasteiger partial charge in [0, 0.05) is 6.04 Å². The summed E-state index contributed by atoms with van der Waals surface area (Å²) in [5, 5.41) is 0. The number of hydrogen-bond donors (Lipinski definition) is 2. The number of benzene rings is 1. The fraction of sp³-hybridized carbons (Fsp3) is 0.333. The van der Waals surface area contributed by atoms with Crippen molar-refractivity contribution in [3.63, 3.8) is 0 Å². The van der Waals surface area contributed by atoms with Crippen LogP contribution in [-0.4, -0.2) is 0 Å². The van der Waals surface area contributed by atoms with E-state index in [0.29, 0.717) is 0 Å². The van der Waals surface area contributed by atoms with E-state index in [1.54, 1.807) is 0 Å². The molecule has 0 bridgehead atoms. The van der Waals surface area contributed by atoms with Gasteiger partial charge in [0.15, 0.2) is 0 Å². The molecular formula is C12H18N2. The van der Waals surface area contributed by atoms with Crippen LogP contribution < -0.4 is 11.3 Å². The minimum atomic E-state index is 0.230. The summed E-state index contributed by atoms with van der Waals surface area (Å²) in [6.07, 6.45) is 2.00. The van der Waals surface area contributed by atoms with Crippen molar-refractivity contribution in [3.8, 4) is 0 Å². The zero-order valence-electron chi connectivity index (χ0n) is 8.66. The zero-order valence-corrected chi connectivity index (χ0v) is 8.66. The van der Waals surface area contributed by atoms with Crippen LogP contribution in [0.3, 0.4) is 0 Å². The maximum absolute atomic E-state index is 5.51. The Labute approximate surface area is 85.8 Å². The third-order valence-electron chi connectivity index (χ3n) is 2.26. The summed E-state index contributed by atoms with van der Waals surface area (Å²) >= 11 is 0. The van der Waals surface area contributed by atoms with Gasteiger partial charge in [0.25, 0.3) is 0 Å². The minimum Gasteiger partial charge on any atom is -0.271 e. The van der Waals surface area contributed by atoms with Gasteiger partial charge in [-0.2, -0.15) is 0 Å². The summed E-state index contributed by atoms with van der Waals surface area (Å²) in [5.74, 6) is 5.51. The molecule has 0 amide bonds. The van der Waals surface area contributed by atoms with Gasteiger partial charge in [-0.05, 0) is 25.3 Å². The molecule has 1 unspecified atom stereocenters. The van der Waals surface area contributed by atoms with E-state index >= 15 is 0 Å². The SMILES string of the molecule is C=C(C)CCC(NN)c1ccccc1. The first-order chi connectivity index (χ1) is 6.74. The van der Waals surface area contributed by atoms with Crippen molar-refractivity contribution in [1.82, 2.24) is 5.43 Å². The number of nitrogens with one attached hydrogen (secondary N) is 1. The average molecular weight is 190 g/mol. The van der Waals surface area contributed by atoms with E-state index in [-0.39, 0.29) is 6.04 Å². The number of hydrogen-bond acceptors (Lipinski definition) is 2. The van der Waals surface area contributed by atoms with Gasteiger partial charge in [-0.1, -0.05) is 35.9 Å². The fourth-order valence-electron chi connectivity index (χ4n) is 1.42. The smallest absolute Gasteiger partial charge is 0.0463 e. The molecule has 1 rings (SSSR count). The van der Waals surface area contributed by atoms with E-state index in [9.17, 15) is 0 Å². The predicted molar refractivity (Wildman–Crippen MR) is 60.6 cm³/mol. The molecule has 0 aromatic heterocycles. The van der Waals surface area contributed by atoms with Crippen LogP contribution >= 0.6 is 0 Å². The van der Waals surface area contributed by atoms with Crippen LogP contribution in [0.4, 0.5) is 0 Å². The third kappa shape index (κ3) is 3.32. The van der Waals surface area contributed by atoms with Crippen molar-refractivity contribution < 1.29 is 0 Å². The summed E-state index contributed by atoms with van der Waals surface area (Å²) in [6.45, 7) is 5.93. The molecule has 0 aliphatic rings. The first-order valence-corrected chi connectivity index (χ1v) is 4.89. The van der Waals surface area contributed by atoms with Crippen LogP contribution in [0, 0.1) is 0 Å². The van der Waals surface area contributed by atoms with Crippen LogP contribution in [0.1, 0.15) is 31.4 Å². The maximum atomic E-state index is 5.51. The van der Waals surface area contributed by atoms with E-state index in [4.69, 9.17) is 5.84 Å². The molecule has 0 saturated heterocycles. The van der Waals surface area contributed by atoms with Gasteiger partial charge in [-0.25, -0.2) is 0 Å². The monoisotopic (exact) mass is 190 g/mol. The molecule has 0 aliphatic heterocycles. The molecule has 0 radical (unpaired) electrons. The lowest BCUT2D eigenvalue weighted by atomic mass is 10.0. The number of rotatable bonds is 5. The largest absolute Gasteiger partial charge is 0.271 e. The van der Waals surface area contributed by atoms with E-state index in [0.717, 1.165) is 12.8 Å². The van der Waals surface area contributed by atoms with Crippen LogP contribution in [-0.2, 0) is 0 Å². The first kappa shape index (κ1) is 11.0. The lowest BCUT2D eigenvalue weighted by Gasteiger charge is -2.15. The van der Waals surface area contributed by atoms with Crippen molar-refractivity contribution in [3.05, 3.63) is 48.0 Å². The molecule has 1 atom stereocenters. The van der Waals surface area contributed by atoms with Gasteiger partial charge in [0.05, 0.1) is 0 Å². The Kier molecular flexibility index (Phi) is 4.36. The van der Waals surface area contributed by atoms with Crippen LogP contribution in [0.15, 0.2) is 42.5 Å². The Bertz CT molecular complexity index is 280. The second kappa shape index (κ2) is 5.58. The maximum Gasteiger partial charge on any atom is 0.0463 e. The molecule has 14 heavy (non-hydrogen) atoms. The standard InChI is InChI=1S/C12H18N2/c1-10(2)8-9-12(14-13)11-6-4-3-5-7-11/h3-7,12,14H,1,8-9,13H2,2H3. The molecule has 76 valence electrons. The molecule has 0 heterocycles. The van der Waals surface area contributed by atoms with E-state index in [1.165, 1.54) is 11.1 Å². The molecule has 2 heteroatoms. The van der Waals surface area contributed by atoms with Gasteiger partial charge in [0.1, 0.15) is 0 Å². The number of nitrogens with two attached hydrogens (primary N) is 1. The average Bonchev–Trinajstić information content (AvgIpc) is 2.20. The van der Waals surface area contributed by atoms with Crippen LogP contribution in [0.25, 0.3) is 0 Å². The Hall–Kier alpha value is -1.12. The molecule has 0 spiro atoms. The summed E-state index contributed by atoms with van der Waals surface area (Å²) < 4.78 is 0. The predicted octanol–water partition coefficient (Wildman–Crippen LogP) is 2.55. The number of allylic oxidation sites excluding steroid dienone is 1. The van der Waals surface area contributed by atoms with Crippen molar-refractivity contribution in [2.75, 3.05) is 0 Å². The van der Waals surface area contributed by atoms with E-state index in [1.807, 2.05) is 25.1 Å². The highest BCUT2D eigenvalue weighted by Crippen LogP contribution is 2.18. The van der Waals surface area contributed by atoms with Gasteiger partial charge >= 0.3 is 0 Å². The van der Waals surface area contributed by atoms with Crippen molar-refractivity contribution in [1.29, 1.82) is 0 Å². The topological polar surface area (TPSA) is 38.0 Å². The lowest BCUT2D eigenvalue weighted by Crippen LogP contribution is -2.27. The molecule has 0 saturated carbocycles. The van der Waals surface area contributed by atoms with E-state index < -0.39 is 0 Å². The Morgan fingerprint density at radius 1 is 1.43 bits per heavy atom.